The molecule has 11 heteroatoms. The molecule has 5 N–H and O–H groups in total. The van der Waals surface area contributed by atoms with E-state index >= 15 is 0 Å². The summed E-state index contributed by atoms with van der Waals surface area (Å²) in [5.41, 5.74) is 6.81. The van der Waals surface area contributed by atoms with Gasteiger partial charge in [0.25, 0.3) is 0 Å². The first-order valence-corrected chi connectivity index (χ1v) is 12.1. The highest BCUT2D eigenvalue weighted by Crippen LogP contribution is 2.42. The van der Waals surface area contributed by atoms with E-state index in [0.29, 0.717) is 5.69 Å². The quantitative estimate of drug-likeness (QED) is 0.277. The third-order valence-electron chi connectivity index (χ3n) is 5.60. The lowest BCUT2D eigenvalue weighted by Gasteiger charge is -2.32. The normalized spacial score (nSPS) is 18.1. The lowest BCUT2D eigenvalue weighted by molar-refractivity contribution is -0.145. The highest BCUT2D eigenvalue weighted by Gasteiger charge is 2.46. The minimum absolute atomic E-state index is 0.0673. The number of hydrogen-bond acceptors (Lipinski definition) is 7. The van der Waals surface area contributed by atoms with E-state index in [1.54, 1.807) is 24.3 Å². The topological polar surface area (TPSA) is 157 Å². The fourth-order valence-corrected chi connectivity index (χ4v) is 4.48. The molecule has 0 aromatic heterocycles. The van der Waals surface area contributed by atoms with Gasteiger partial charge in [0.2, 0.25) is 23.6 Å². The average molecular weight is 513 g/mol. The van der Waals surface area contributed by atoms with Crippen LogP contribution in [-0.2, 0) is 35.3 Å². The molecule has 10 nitrogen and oxygen atoms in total. The molecule has 1 unspecified atom stereocenters. The molecular formula is C25H28N4O6S. The highest BCUT2D eigenvalue weighted by molar-refractivity contribution is 8.02. The Morgan fingerprint density at radius 3 is 2.42 bits per heavy atom. The van der Waals surface area contributed by atoms with Gasteiger partial charge in [0.05, 0.1) is 5.69 Å². The number of carbonyl (C=O) groups excluding carboxylic acids is 5. The molecule has 1 aliphatic rings. The second kappa shape index (κ2) is 11.7. The number of fused-ring (bicyclic) bond motifs is 1. The molecule has 0 aliphatic carbocycles. The molecule has 0 saturated carbocycles. The van der Waals surface area contributed by atoms with Gasteiger partial charge in [-0.1, -0.05) is 54.2 Å². The summed E-state index contributed by atoms with van der Waals surface area (Å²) in [6, 6.07) is 14.0. The number of nitrogens with two attached hydrogens (primary N) is 1. The number of hydrogen-bond donors (Lipinski definition) is 4. The smallest absolute Gasteiger partial charge is 0.306 e. The summed E-state index contributed by atoms with van der Waals surface area (Å²) in [6.07, 6.45) is -0.210. The summed E-state index contributed by atoms with van der Waals surface area (Å²) < 4.78 is 3.67. The standard InChI is InChI=1S/C25H28N4O6S/c1-15(27-23(33)25(2)24(34)29-17-10-6-7-11-19(17)36-25)22(32)28-18(21(26)31)12-13-20(30)35-14-16-8-4-3-5-9-16/h3-11,15,18H,12-14H2,1-2H3,(H2,26,31)(H,27,33)(H,28,32)(H,29,34)/t15-,18+,25?/m0/s1. The Bertz CT molecular complexity index is 1160. The Kier molecular flexibility index (Phi) is 8.70. The van der Waals surface area contributed by atoms with Gasteiger partial charge in [-0.05, 0) is 38.0 Å². The molecule has 2 aromatic rings. The zero-order valence-corrected chi connectivity index (χ0v) is 20.7. The molecule has 190 valence electrons. The average Bonchev–Trinajstić information content (AvgIpc) is 2.86. The molecule has 0 spiro atoms. The van der Waals surface area contributed by atoms with Crippen LogP contribution in [0.25, 0.3) is 0 Å². The van der Waals surface area contributed by atoms with E-state index in [4.69, 9.17) is 10.5 Å². The molecule has 36 heavy (non-hydrogen) atoms. The van der Waals surface area contributed by atoms with Crippen LogP contribution in [0.4, 0.5) is 5.69 Å². The van der Waals surface area contributed by atoms with Crippen LogP contribution in [0.3, 0.4) is 0 Å². The molecule has 1 aliphatic heterocycles. The lowest BCUT2D eigenvalue weighted by Crippen LogP contribution is -2.58. The zero-order chi connectivity index (χ0) is 26.3. The van der Waals surface area contributed by atoms with E-state index in [0.717, 1.165) is 22.2 Å². The molecule has 2 aromatic carbocycles. The first-order valence-electron chi connectivity index (χ1n) is 11.3. The van der Waals surface area contributed by atoms with Crippen LogP contribution in [0.15, 0.2) is 59.5 Å². The number of benzene rings is 2. The highest BCUT2D eigenvalue weighted by atomic mass is 32.2. The van der Waals surface area contributed by atoms with Crippen molar-refractivity contribution in [1.82, 2.24) is 10.6 Å². The third-order valence-corrected chi connectivity index (χ3v) is 6.95. The molecule has 0 radical (unpaired) electrons. The number of thioether (sulfide) groups is 1. The molecule has 1 heterocycles. The number of ether oxygens (including phenoxy) is 1. The molecule has 0 saturated heterocycles. The maximum atomic E-state index is 13.0. The molecule has 4 amide bonds. The molecule has 3 rings (SSSR count). The van der Waals surface area contributed by atoms with Crippen LogP contribution in [0, 0.1) is 0 Å². The van der Waals surface area contributed by atoms with Gasteiger partial charge in [-0.25, -0.2) is 0 Å². The largest absolute Gasteiger partial charge is 0.461 e. The van der Waals surface area contributed by atoms with E-state index in [9.17, 15) is 24.0 Å². The van der Waals surface area contributed by atoms with Crippen molar-refractivity contribution in [3.8, 4) is 0 Å². The minimum Gasteiger partial charge on any atom is -0.461 e. The van der Waals surface area contributed by atoms with Gasteiger partial charge >= 0.3 is 5.97 Å². The maximum Gasteiger partial charge on any atom is 0.306 e. The van der Waals surface area contributed by atoms with E-state index in [-0.39, 0.29) is 19.4 Å². The summed E-state index contributed by atoms with van der Waals surface area (Å²) in [5.74, 6) is -3.24. The van der Waals surface area contributed by atoms with E-state index in [1.807, 2.05) is 30.3 Å². The van der Waals surface area contributed by atoms with Crippen LogP contribution in [0.1, 0.15) is 32.3 Å². The first-order chi connectivity index (χ1) is 17.1. The fourth-order valence-electron chi connectivity index (χ4n) is 3.37. The van der Waals surface area contributed by atoms with Crippen molar-refractivity contribution in [1.29, 1.82) is 0 Å². The second-order valence-electron chi connectivity index (χ2n) is 8.43. The number of primary amides is 1. The Morgan fingerprint density at radius 2 is 1.72 bits per heavy atom. The van der Waals surface area contributed by atoms with Crippen molar-refractivity contribution in [3.63, 3.8) is 0 Å². The van der Waals surface area contributed by atoms with Gasteiger partial charge in [0.1, 0.15) is 18.7 Å². The van der Waals surface area contributed by atoms with E-state index < -0.39 is 46.4 Å². The minimum atomic E-state index is -1.51. The van der Waals surface area contributed by atoms with Gasteiger partial charge in [0.15, 0.2) is 4.75 Å². The molecule has 0 fully saturated rings. The van der Waals surface area contributed by atoms with Gasteiger partial charge in [-0.3, -0.25) is 24.0 Å². The van der Waals surface area contributed by atoms with Crippen LogP contribution >= 0.6 is 11.8 Å². The maximum absolute atomic E-state index is 13.0. The molecule has 3 atom stereocenters. The van der Waals surface area contributed by atoms with Gasteiger partial charge < -0.3 is 26.4 Å². The number of anilines is 1. The number of nitrogens with one attached hydrogen (secondary N) is 3. The predicted molar refractivity (Wildman–Crippen MR) is 134 cm³/mol. The van der Waals surface area contributed by atoms with Crippen LogP contribution < -0.4 is 21.7 Å². The number of amides is 4. The Labute approximate surface area is 212 Å². The second-order valence-corrected chi connectivity index (χ2v) is 9.89. The van der Waals surface area contributed by atoms with Gasteiger partial charge in [0, 0.05) is 11.3 Å². The van der Waals surface area contributed by atoms with Crippen LogP contribution in [0.2, 0.25) is 0 Å². The Balaban J connectivity index is 1.52. The third kappa shape index (κ3) is 6.63. The SMILES string of the molecule is C[C@H](NC(=O)C1(C)Sc2ccccc2NC1=O)C(=O)N[C@H](CCC(=O)OCc1ccccc1)C(N)=O. The zero-order valence-electron chi connectivity index (χ0n) is 19.9. The number of carbonyl (C=O) groups is 5. The summed E-state index contributed by atoms with van der Waals surface area (Å²) >= 11 is 1.08. The molecule has 0 bridgehead atoms. The number of rotatable bonds is 10. The van der Waals surface area contributed by atoms with Crippen molar-refractivity contribution in [3.05, 3.63) is 60.2 Å². The summed E-state index contributed by atoms with van der Waals surface area (Å²) in [4.78, 5) is 62.9. The van der Waals surface area contributed by atoms with Gasteiger partial charge in [-0.2, -0.15) is 0 Å². The Morgan fingerprint density at radius 1 is 1.06 bits per heavy atom. The van der Waals surface area contributed by atoms with Crippen molar-refractivity contribution in [2.75, 3.05) is 5.32 Å². The Hall–Kier alpha value is -3.86. The van der Waals surface area contributed by atoms with Crippen LogP contribution in [0.5, 0.6) is 0 Å². The van der Waals surface area contributed by atoms with E-state index in [2.05, 4.69) is 16.0 Å². The van der Waals surface area contributed by atoms with E-state index in [1.165, 1.54) is 13.8 Å². The number of para-hydroxylation sites is 1. The van der Waals surface area contributed by atoms with Crippen LogP contribution in [-0.4, -0.2) is 46.4 Å². The first kappa shape index (κ1) is 26.7. The molecular weight excluding hydrogens is 484 g/mol. The van der Waals surface area contributed by atoms with Crippen molar-refractivity contribution in [2.45, 2.75) is 55.0 Å². The van der Waals surface area contributed by atoms with Gasteiger partial charge in [-0.15, -0.1) is 0 Å². The summed E-state index contributed by atoms with van der Waals surface area (Å²) in [7, 11) is 0. The summed E-state index contributed by atoms with van der Waals surface area (Å²) in [6.45, 7) is 2.98. The fraction of sp³-hybridized carbons (Fsp3) is 0.320. The summed E-state index contributed by atoms with van der Waals surface area (Å²) in [5, 5.41) is 7.67. The predicted octanol–water partition coefficient (Wildman–Crippen LogP) is 1.49. The van der Waals surface area contributed by atoms with Crippen molar-refractivity contribution in [2.24, 2.45) is 5.73 Å². The number of esters is 1. The lowest BCUT2D eigenvalue weighted by atomic mass is 10.1. The van der Waals surface area contributed by atoms with Crippen molar-refractivity contribution >= 4 is 47.0 Å². The van der Waals surface area contributed by atoms with Crippen molar-refractivity contribution < 1.29 is 28.7 Å². The monoisotopic (exact) mass is 512 g/mol.